The van der Waals surface area contributed by atoms with Crippen LogP contribution in [0.25, 0.3) is 0 Å². The van der Waals surface area contributed by atoms with Gasteiger partial charge in [0.2, 0.25) is 5.67 Å². The van der Waals surface area contributed by atoms with Gasteiger partial charge in [0.25, 0.3) is 0 Å². The van der Waals surface area contributed by atoms with Crippen molar-refractivity contribution in [1.82, 2.24) is 0 Å². The number of carboxylic acids is 1. The van der Waals surface area contributed by atoms with Crippen molar-refractivity contribution in [3.63, 3.8) is 0 Å². The summed E-state index contributed by atoms with van der Waals surface area (Å²) in [4.78, 5) is 10.2. The third-order valence-corrected chi connectivity index (χ3v) is 1.90. The van der Waals surface area contributed by atoms with E-state index in [2.05, 4.69) is 0 Å². The highest BCUT2D eigenvalue weighted by Crippen LogP contribution is 2.33. The fraction of sp³-hybridized carbons (Fsp3) is 0.833. The molecule has 0 bridgehead atoms. The van der Waals surface area contributed by atoms with Crippen molar-refractivity contribution in [2.45, 2.75) is 31.0 Å². The molecule has 1 saturated carbocycles. The molecule has 0 aromatic heterocycles. The standard InChI is InChI=1S/C6H9FO3/c7-6(5(9)10)3-1-2-4(6)8/h4,8H,1-3H2,(H,9,10). The Morgan fingerprint density at radius 2 is 2.30 bits per heavy atom. The number of hydrogen-bond acceptors (Lipinski definition) is 2. The maximum Gasteiger partial charge on any atom is 0.344 e. The summed E-state index contributed by atoms with van der Waals surface area (Å²) in [6, 6.07) is 0. The van der Waals surface area contributed by atoms with Gasteiger partial charge in [-0.1, -0.05) is 0 Å². The fourth-order valence-corrected chi connectivity index (χ4v) is 1.20. The molecule has 4 heteroatoms. The first-order valence-electron chi connectivity index (χ1n) is 3.18. The van der Waals surface area contributed by atoms with Gasteiger partial charge in [0, 0.05) is 0 Å². The van der Waals surface area contributed by atoms with Crippen molar-refractivity contribution in [2.24, 2.45) is 0 Å². The number of hydrogen-bond donors (Lipinski definition) is 2. The monoisotopic (exact) mass is 148 g/mol. The average molecular weight is 148 g/mol. The van der Waals surface area contributed by atoms with Crippen molar-refractivity contribution in [3.8, 4) is 0 Å². The number of alkyl halides is 1. The van der Waals surface area contributed by atoms with Crippen LogP contribution in [0.15, 0.2) is 0 Å². The van der Waals surface area contributed by atoms with E-state index in [4.69, 9.17) is 10.2 Å². The van der Waals surface area contributed by atoms with Gasteiger partial charge in [-0.3, -0.25) is 0 Å². The molecule has 0 aromatic rings. The summed E-state index contributed by atoms with van der Waals surface area (Å²) >= 11 is 0. The van der Waals surface area contributed by atoms with Crippen LogP contribution in [0.5, 0.6) is 0 Å². The Hall–Kier alpha value is -0.640. The molecule has 0 heterocycles. The minimum Gasteiger partial charge on any atom is -0.479 e. The van der Waals surface area contributed by atoms with Gasteiger partial charge in [-0.25, -0.2) is 9.18 Å². The van der Waals surface area contributed by atoms with E-state index in [1.807, 2.05) is 0 Å². The third kappa shape index (κ3) is 0.883. The molecule has 0 saturated heterocycles. The first-order valence-corrected chi connectivity index (χ1v) is 3.18. The summed E-state index contributed by atoms with van der Waals surface area (Å²) in [5, 5.41) is 17.2. The van der Waals surface area contributed by atoms with Crippen LogP contribution in [0.2, 0.25) is 0 Å². The lowest BCUT2D eigenvalue weighted by Gasteiger charge is -2.17. The lowest BCUT2D eigenvalue weighted by molar-refractivity contribution is -0.156. The van der Waals surface area contributed by atoms with Gasteiger partial charge >= 0.3 is 5.97 Å². The Balaban J connectivity index is 2.75. The Kier molecular flexibility index (Phi) is 1.64. The zero-order valence-electron chi connectivity index (χ0n) is 5.38. The fourth-order valence-electron chi connectivity index (χ4n) is 1.20. The molecule has 2 unspecified atom stereocenters. The summed E-state index contributed by atoms with van der Waals surface area (Å²) in [5.41, 5.74) is -2.38. The number of rotatable bonds is 1. The summed E-state index contributed by atoms with van der Waals surface area (Å²) < 4.78 is 13.0. The van der Waals surface area contributed by atoms with Crippen LogP contribution in [0, 0.1) is 0 Å². The minimum absolute atomic E-state index is 0.0660. The van der Waals surface area contributed by atoms with E-state index in [9.17, 15) is 9.18 Å². The number of carboxylic acid groups (broad SMARTS) is 1. The van der Waals surface area contributed by atoms with E-state index in [1.54, 1.807) is 0 Å². The van der Waals surface area contributed by atoms with Gasteiger partial charge in [-0.2, -0.15) is 0 Å². The van der Waals surface area contributed by atoms with Gasteiger partial charge in [0.05, 0.1) is 6.10 Å². The van der Waals surface area contributed by atoms with Crippen LogP contribution < -0.4 is 0 Å². The third-order valence-electron chi connectivity index (χ3n) is 1.90. The number of aliphatic hydroxyl groups excluding tert-OH is 1. The maximum absolute atomic E-state index is 13.0. The lowest BCUT2D eigenvalue weighted by atomic mass is 10.0. The molecule has 2 N–H and O–H groups in total. The van der Waals surface area contributed by atoms with E-state index in [1.165, 1.54) is 0 Å². The van der Waals surface area contributed by atoms with Crippen molar-refractivity contribution in [1.29, 1.82) is 0 Å². The molecule has 0 amide bonds. The highest BCUT2D eigenvalue weighted by molar-refractivity contribution is 5.78. The Bertz CT molecular complexity index is 159. The van der Waals surface area contributed by atoms with Crippen molar-refractivity contribution in [3.05, 3.63) is 0 Å². The average Bonchev–Trinajstić information content (AvgIpc) is 2.15. The molecule has 1 rings (SSSR count). The Morgan fingerprint density at radius 3 is 2.50 bits per heavy atom. The predicted molar refractivity (Wildman–Crippen MR) is 31.3 cm³/mol. The Morgan fingerprint density at radius 1 is 1.70 bits per heavy atom. The molecule has 0 aromatic carbocycles. The molecule has 2 atom stereocenters. The highest BCUT2D eigenvalue weighted by atomic mass is 19.1. The van der Waals surface area contributed by atoms with E-state index in [-0.39, 0.29) is 12.8 Å². The van der Waals surface area contributed by atoms with Crippen LogP contribution >= 0.6 is 0 Å². The topological polar surface area (TPSA) is 57.5 Å². The number of aliphatic hydroxyl groups is 1. The summed E-state index contributed by atoms with van der Waals surface area (Å²) in [6.07, 6.45) is -0.680. The minimum atomic E-state index is -2.38. The largest absolute Gasteiger partial charge is 0.479 e. The van der Waals surface area contributed by atoms with Crippen LogP contribution in [0.1, 0.15) is 19.3 Å². The number of halogens is 1. The first-order chi connectivity index (χ1) is 4.57. The summed E-state index contributed by atoms with van der Waals surface area (Å²) in [7, 11) is 0. The molecule has 3 nitrogen and oxygen atoms in total. The zero-order valence-corrected chi connectivity index (χ0v) is 5.38. The van der Waals surface area contributed by atoms with Crippen LogP contribution in [-0.2, 0) is 4.79 Å². The molecular formula is C6H9FO3. The molecule has 0 radical (unpaired) electrons. The van der Waals surface area contributed by atoms with Crippen molar-refractivity contribution < 1.29 is 19.4 Å². The zero-order chi connectivity index (χ0) is 7.78. The maximum atomic E-state index is 13.0. The van der Waals surface area contributed by atoms with E-state index < -0.39 is 17.7 Å². The predicted octanol–water partition coefficient (Wildman–Crippen LogP) is 0.324. The van der Waals surface area contributed by atoms with Gasteiger partial charge in [0.15, 0.2) is 0 Å². The Labute approximate surface area is 57.5 Å². The first kappa shape index (κ1) is 7.47. The molecule has 0 spiro atoms. The molecule has 10 heavy (non-hydrogen) atoms. The highest BCUT2D eigenvalue weighted by Gasteiger charge is 2.49. The van der Waals surface area contributed by atoms with E-state index in [0.29, 0.717) is 6.42 Å². The van der Waals surface area contributed by atoms with Crippen molar-refractivity contribution in [2.75, 3.05) is 0 Å². The van der Waals surface area contributed by atoms with Gasteiger partial charge < -0.3 is 10.2 Å². The second kappa shape index (κ2) is 2.20. The second-order valence-electron chi connectivity index (χ2n) is 2.58. The lowest BCUT2D eigenvalue weighted by Crippen LogP contribution is -2.40. The molecule has 58 valence electrons. The van der Waals surface area contributed by atoms with E-state index >= 15 is 0 Å². The SMILES string of the molecule is O=C(O)C1(F)CCCC1O. The normalized spacial score (nSPS) is 40.0. The van der Waals surface area contributed by atoms with Crippen LogP contribution in [0.3, 0.4) is 0 Å². The van der Waals surface area contributed by atoms with E-state index in [0.717, 1.165) is 0 Å². The van der Waals surface area contributed by atoms with Gasteiger partial charge in [-0.15, -0.1) is 0 Å². The number of aliphatic carboxylic acids is 1. The summed E-state index contributed by atoms with van der Waals surface area (Å²) in [5.74, 6) is -1.54. The number of carbonyl (C=O) groups is 1. The summed E-state index contributed by atoms with van der Waals surface area (Å²) in [6.45, 7) is 0. The van der Waals surface area contributed by atoms with Gasteiger partial charge in [-0.05, 0) is 19.3 Å². The molecule has 1 fully saturated rings. The molecule has 1 aliphatic carbocycles. The van der Waals surface area contributed by atoms with Crippen molar-refractivity contribution >= 4 is 5.97 Å². The smallest absolute Gasteiger partial charge is 0.344 e. The van der Waals surface area contributed by atoms with Gasteiger partial charge in [0.1, 0.15) is 0 Å². The van der Waals surface area contributed by atoms with Crippen LogP contribution in [0.4, 0.5) is 4.39 Å². The molecule has 0 aliphatic heterocycles. The molecular weight excluding hydrogens is 139 g/mol. The second-order valence-corrected chi connectivity index (χ2v) is 2.58. The molecule has 1 aliphatic rings. The van der Waals surface area contributed by atoms with Crippen LogP contribution in [-0.4, -0.2) is 28.0 Å². The quantitative estimate of drug-likeness (QED) is 0.563.